The Hall–Kier alpha value is -0.0600. The lowest BCUT2D eigenvalue weighted by molar-refractivity contribution is 0.109. The first-order valence-corrected chi connectivity index (χ1v) is 6.64. The maximum Gasteiger partial charge on any atom is 0.216 e. The number of rotatable bonds is 1. The highest BCUT2D eigenvalue weighted by molar-refractivity contribution is 9.14. The molecule has 0 fully saturated rings. The van der Waals surface area contributed by atoms with Gasteiger partial charge in [-0.2, -0.15) is 0 Å². The second kappa shape index (κ2) is 4.09. The van der Waals surface area contributed by atoms with Gasteiger partial charge in [-0.15, -0.1) is 23.3 Å². The van der Waals surface area contributed by atoms with E-state index in [-0.39, 0.29) is 5.12 Å². The van der Waals surface area contributed by atoms with Gasteiger partial charge in [0.2, 0.25) is 5.12 Å². The summed E-state index contributed by atoms with van der Waals surface area (Å²) in [5.41, 5.74) is 0.684. The van der Waals surface area contributed by atoms with Crippen molar-refractivity contribution >= 4 is 37.4 Å². The van der Waals surface area contributed by atoms with Gasteiger partial charge in [0.15, 0.2) is 0 Å². The number of benzene rings is 1. The van der Waals surface area contributed by atoms with Gasteiger partial charge >= 0.3 is 0 Å². The molecule has 0 N–H and O–H groups in total. The lowest BCUT2D eigenvalue weighted by Crippen LogP contribution is -1.91. The topological polar surface area (TPSA) is 17.1 Å². The van der Waals surface area contributed by atoms with Crippen LogP contribution in [0.15, 0.2) is 30.3 Å². The predicted molar refractivity (Wildman–Crippen MR) is 57.7 cm³/mol. The van der Waals surface area contributed by atoms with Gasteiger partial charge in [0.05, 0.1) is 0 Å². The molecule has 0 heterocycles. The van der Waals surface area contributed by atoms with Crippen LogP contribution in [0, 0.1) is 0 Å². The van der Waals surface area contributed by atoms with E-state index < -0.39 is 8.96 Å². The number of hydrogen-bond donors (Lipinski definition) is 3. The van der Waals surface area contributed by atoms with E-state index in [4.69, 9.17) is 0 Å². The summed E-state index contributed by atoms with van der Waals surface area (Å²) in [4.78, 5) is 11.2. The first-order valence-electron chi connectivity index (χ1n) is 2.99. The summed E-state index contributed by atoms with van der Waals surface area (Å²) in [5, 5.41) is 0.00673. The third-order valence-electron chi connectivity index (χ3n) is 1.20. The quantitative estimate of drug-likeness (QED) is 0.473. The number of thiol groups is 3. The summed E-state index contributed by atoms with van der Waals surface area (Å²) >= 11 is 7.97. The first kappa shape index (κ1) is 9.03. The minimum Gasteiger partial charge on any atom is -0.282 e. The number of hydrogen-bond acceptors (Lipinski definition) is 3. The Morgan fingerprint density at radius 2 is 1.73 bits per heavy atom. The zero-order chi connectivity index (χ0) is 8.27. The van der Waals surface area contributed by atoms with Crippen LogP contribution in [0.2, 0.25) is 0 Å². The van der Waals surface area contributed by atoms with Gasteiger partial charge < -0.3 is 0 Å². The molecule has 0 saturated carbocycles. The summed E-state index contributed by atoms with van der Waals surface area (Å²) in [6.07, 6.45) is 0. The molecule has 0 aliphatic rings. The SMILES string of the molecule is O=C(c1ccccc1)[SH](S)S. The van der Waals surface area contributed by atoms with Gasteiger partial charge in [-0.1, -0.05) is 39.3 Å². The highest BCUT2D eigenvalue weighted by Gasteiger charge is 2.06. The van der Waals surface area contributed by atoms with E-state index >= 15 is 0 Å². The van der Waals surface area contributed by atoms with Crippen LogP contribution in [0.5, 0.6) is 0 Å². The van der Waals surface area contributed by atoms with Crippen LogP contribution >= 0.6 is 32.3 Å². The van der Waals surface area contributed by atoms with E-state index in [0.29, 0.717) is 5.56 Å². The van der Waals surface area contributed by atoms with Gasteiger partial charge in [-0.3, -0.25) is 4.79 Å². The van der Waals surface area contributed by atoms with Crippen LogP contribution in [-0.2, 0) is 0 Å². The minimum absolute atomic E-state index is 0.00673. The maximum atomic E-state index is 11.2. The molecule has 0 atom stereocenters. The molecule has 0 amide bonds. The molecule has 0 bridgehead atoms. The Morgan fingerprint density at radius 3 is 2.18 bits per heavy atom. The molecule has 1 aromatic rings. The van der Waals surface area contributed by atoms with Gasteiger partial charge in [-0.05, 0) is 0 Å². The van der Waals surface area contributed by atoms with Crippen molar-refractivity contribution in [3.8, 4) is 0 Å². The van der Waals surface area contributed by atoms with E-state index in [2.05, 4.69) is 23.3 Å². The molecule has 0 aliphatic carbocycles. The van der Waals surface area contributed by atoms with E-state index in [0.717, 1.165) is 0 Å². The van der Waals surface area contributed by atoms with Gasteiger partial charge in [-0.25, -0.2) is 0 Å². The van der Waals surface area contributed by atoms with E-state index in [9.17, 15) is 4.79 Å². The van der Waals surface area contributed by atoms with Crippen molar-refractivity contribution < 1.29 is 4.79 Å². The monoisotopic (exact) mass is 204 g/mol. The van der Waals surface area contributed by atoms with Crippen molar-refractivity contribution in [2.75, 3.05) is 0 Å². The predicted octanol–water partition coefficient (Wildman–Crippen LogP) is 2.52. The standard InChI is InChI=1S/C7H8OS3/c8-7(11(9)10)6-4-2-1-3-5-6/h1-5,9-11H. The molecule has 1 aromatic carbocycles. The van der Waals surface area contributed by atoms with Crippen LogP contribution in [0.1, 0.15) is 10.4 Å². The van der Waals surface area contributed by atoms with Crippen molar-refractivity contribution in [1.82, 2.24) is 0 Å². The van der Waals surface area contributed by atoms with Crippen molar-refractivity contribution in [3.05, 3.63) is 35.9 Å². The molecule has 1 rings (SSSR count). The third kappa shape index (κ3) is 2.47. The Kier molecular flexibility index (Phi) is 3.36. The molecule has 1 nitrogen and oxygen atoms in total. The van der Waals surface area contributed by atoms with Crippen molar-refractivity contribution in [2.45, 2.75) is 0 Å². The fourth-order valence-electron chi connectivity index (χ4n) is 0.696. The maximum absolute atomic E-state index is 11.2. The Bertz CT molecular complexity index is 245. The molecule has 0 radical (unpaired) electrons. The molecular formula is C7H8OS3. The van der Waals surface area contributed by atoms with Crippen LogP contribution in [0.3, 0.4) is 0 Å². The largest absolute Gasteiger partial charge is 0.282 e. The van der Waals surface area contributed by atoms with Gasteiger partial charge in [0.1, 0.15) is 0 Å². The van der Waals surface area contributed by atoms with Crippen LogP contribution in [0.4, 0.5) is 0 Å². The molecule has 0 unspecified atom stereocenters. The number of carbonyl (C=O) groups excluding carboxylic acids is 1. The summed E-state index contributed by atoms with van der Waals surface area (Å²) < 4.78 is 0. The van der Waals surface area contributed by atoms with Crippen molar-refractivity contribution in [3.63, 3.8) is 0 Å². The Morgan fingerprint density at radius 1 is 1.18 bits per heavy atom. The summed E-state index contributed by atoms with van der Waals surface area (Å²) in [6, 6.07) is 9.06. The Balaban J connectivity index is 2.86. The zero-order valence-electron chi connectivity index (χ0n) is 5.64. The van der Waals surface area contributed by atoms with Crippen molar-refractivity contribution in [1.29, 1.82) is 0 Å². The molecule has 0 saturated heterocycles. The molecule has 4 heteroatoms. The molecule has 0 aliphatic heterocycles. The van der Waals surface area contributed by atoms with E-state index in [1.807, 2.05) is 18.2 Å². The average molecular weight is 204 g/mol. The molecule has 11 heavy (non-hydrogen) atoms. The summed E-state index contributed by atoms with van der Waals surface area (Å²) in [6.45, 7) is 0. The fourth-order valence-corrected chi connectivity index (χ4v) is 1.77. The van der Waals surface area contributed by atoms with Crippen LogP contribution in [-0.4, -0.2) is 5.12 Å². The third-order valence-corrected chi connectivity index (χ3v) is 2.91. The van der Waals surface area contributed by atoms with Gasteiger partial charge in [0, 0.05) is 5.56 Å². The highest BCUT2D eigenvalue weighted by atomic mass is 33.5. The van der Waals surface area contributed by atoms with Crippen LogP contribution in [0.25, 0.3) is 0 Å². The second-order valence-electron chi connectivity index (χ2n) is 1.96. The van der Waals surface area contributed by atoms with Crippen molar-refractivity contribution in [2.24, 2.45) is 0 Å². The molecular weight excluding hydrogens is 196 g/mol. The van der Waals surface area contributed by atoms with E-state index in [1.54, 1.807) is 12.1 Å². The first-order chi connectivity index (χ1) is 5.22. The second-order valence-corrected chi connectivity index (χ2v) is 6.29. The summed E-state index contributed by atoms with van der Waals surface area (Å²) in [7, 11) is -1.09. The van der Waals surface area contributed by atoms with Gasteiger partial charge in [0.25, 0.3) is 0 Å². The smallest absolute Gasteiger partial charge is 0.216 e. The summed E-state index contributed by atoms with van der Waals surface area (Å²) in [5.74, 6) is 0. The molecule has 0 aromatic heterocycles. The Labute approximate surface area is 78.2 Å². The average Bonchev–Trinajstić information content (AvgIpc) is 2.05. The van der Waals surface area contributed by atoms with Crippen LogP contribution < -0.4 is 0 Å². The molecule has 60 valence electrons. The van der Waals surface area contributed by atoms with E-state index in [1.165, 1.54) is 0 Å². The lowest BCUT2D eigenvalue weighted by atomic mass is 10.2. The fraction of sp³-hybridized carbons (Fsp3) is 0. The normalized spacial score (nSPS) is 10.9. The lowest BCUT2D eigenvalue weighted by Gasteiger charge is -2.04. The molecule has 0 spiro atoms. The highest BCUT2D eigenvalue weighted by Crippen LogP contribution is 2.38. The minimum atomic E-state index is -1.09. The zero-order valence-corrected chi connectivity index (χ0v) is 8.32. The number of carbonyl (C=O) groups is 1.